The van der Waals surface area contributed by atoms with Crippen LogP contribution in [0, 0.1) is 19.8 Å². The number of amides is 1. The van der Waals surface area contributed by atoms with Crippen molar-refractivity contribution < 1.29 is 4.79 Å². The smallest absolute Gasteiger partial charge is 0.238 e. The summed E-state index contributed by atoms with van der Waals surface area (Å²) in [6.07, 6.45) is 3.58. The van der Waals surface area contributed by atoms with Crippen molar-refractivity contribution in [3.8, 4) is 0 Å². The first-order valence-corrected chi connectivity index (χ1v) is 6.73. The molecule has 0 aliphatic rings. The maximum absolute atomic E-state index is 11.9. The molecule has 4 heteroatoms. The maximum Gasteiger partial charge on any atom is 0.238 e. The molecule has 0 saturated heterocycles. The zero-order chi connectivity index (χ0) is 13.5. The molecule has 18 heavy (non-hydrogen) atoms. The summed E-state index contributed by atoms with van der Waals surface area (Å²) in [4.78, 5) is 11.9. The second-order valence-corrected chi connectivity index (χ2v) is 4.88. The van der Waals surface area contributed by atoms with E-state index in [1.54, 1.807) is 0 Å². The molecule has 0 bridgehead atoms. The molecule has 1 atom stereocenters. The molecule has 1 aromatic heterocycles. The Labute approximate surface area is 110 Å². The third kappa shape index (κ3) is 4.18. The van der Waals surface area contributed by atoms with Gasteiger partial charge in [-0.2, -0.15) is 0 Å². The van der Waals surface area contributed by atoms with Crippen LogP contribution in [0.4, 0.5) is 0 Å². The van der Waals surface area contributed by atoms with Gasteiger partial charge in [0.25, 0.3) is 0 Å². The molecular formula is C14H25N3O. The lowest BCUT2D eigenvalue weighted by Crippen LogP contribution is -2.25. The van der Waals surface area contributed by atoms with E-state index in [-0.39, 0.29) is 5.91 Å². The summed E-state index contributed by atoms with van der Waals surface area (Å²) in [5.41, 5.74) is 10.6. The van der Waals surface area contributed by atoms with Crippen molar-refractivity contribution in [2.24, 2.45) is 11.7 Å². The summed E-state index contributed by atoms with van der Waals surface area (Å²) < 4.78 is 1.84. The average Bonchev–Trinajstić information content (AvgIpc) is 2.66. The van der Waals surface area contributed by atoms with Crippen molar-refractivity contribution in [2.45, 2.75) is 46.5 Å². The second kappa shape index (κ2) is 7.21. The van der Waals surface area contributed by atoms with E-state index in [2.05, 4.69) is 12.3 Å². The fraction of sp³-hybridized carbons (Fsp3) is 0.643. The maximum atomic E-state index is 11.9. The highest BCUT2D eigenvalue weighted by molar-refractivity contribution is 5.83. The highest BCUT2D eigenvalue weighted by atomic mass is 16.2. The Kier molecular flexibility index (Phi) is 5.92. The Morgan fingerprint density at radius 2 is 1.94 bits per heavy atom. The van der Waals surface area contributed by atoms with Gasteiger partial charge in [0.2, 0.25) is 5.91 Å². The molecule has 0 aliphatic heterocycles. The first kappa shape index (κ1) is 14.8. The second-order valence-electron chi connectivity index (χ2n) is 4.88. The predicted octanol–water partition coefficient (Wildman–Crippen LogP) is 2.33. The van der Waals surface area contributed by atoms with Gasteiger partial charge in [-0.05, 0) is 51.3 Å². The first-order chi connectivity index (χ1) is 8.58. The van der Waals surface area contributed by atoms with E-state index in [1.807, 2.05) is 30.7 Å². The standard InChI is InChI=1S/C14H25N3O/c1-4-13(9-10-15)7-8-14(18)16-17-11(2)5-6-12(17)3/h5-6,13H,4,7-10,15H2,1-3H3,(H,16,18). The minimum atomic E-state index is 0.0767. The quantitative estimate of drug-likeness (QED) is 0.781. The number of nitrogens with one attached hydrogen (secondary N) is 1. The van der Waals surface area contributed by atoms with E-state index in [0.717, 1.165) is 30.7 Å². The van der Waals surface area contributed by atoms with E-state index >= 15 is 0 Å². The van der Waals surface area contributed by atoms with Crippen molar-refractivity contribution in [1.82, 2.24) is 4.68 Å². The minimum Gasteiger partial charge on any atom is -0.330 e. The summed E-state index contributed by atoms with van der Waals surface area (Å²) in [5, 5.41) is 0. The summed E-state index contributed by atoms with van der Waals surface area (Å²) in [6, 6.07) is 4.00. The number of aromatic nitrogens is 1. The van der Waals surface area contributed by atoms with Crippen LogP contribution < -0.4 is 11.2 Å². The SMILES string of the molecule is CCC(CCN)CCC(=O)Nn1c(C)ccc1C. The summed E-state index contributed by atoms with van der Waals surface area (Å²) in [6.45, 7) is 6.82. The van der Waals surface area contributed by atoms with Crippen LogP contribution >= 0.6 is 0 Å². The number of nitrogens with zero attached hydrogens (tertiary/aromatic N) is 1. The van der Waals surface area contributed by atoms with Crippen LogP contribution in [0.2, 0.25) is 0 Å². The van der Waals surface area contributed by atoms with Crippen LogP contribution in [-0.4, -0.2) is 17.1 Å². The van der Waals surface area contributed by atoms with Crippen LogP contribution in [0.25, 0.3) is 0 Å². The lowest BCUT2D eigenvalue weighted by atomic mass is 9.97. The summed E-state index contributed by atoms with van der Waals surface area (Å²) in [5.74, 6) is 0.639. The molecule has 1 rings (SSSR count). The molecule has 1 amide bonds. The van der Waals surface area contributed by atoms with Crippen LogP contribution in [0.15, 0.2) is 12.1 Å². The Balaban J connectivity index is 2.42. The predicted molar refractivity (Wildman–Crippen MR) is 75.0 cm³/mol. The molecular weight excluding hydrogens is 226 g/mol. The number of hydrogen-bond acceptors (Lipinski definition) is 2. The zero-order valence-electron chi connectivity index (χ0n) is 11.7. The molecule has 0 saturated carbocycles. The molecule has 0 fully saturated rings. The Bertz CT molecular complexity index is 365. The van der Waals surface area contributed by atoms with Gasteiger partial charge in [0.1, 0.15) is 0 Å². The van der Waals surface area contributed by atoms with Gasteiger partial charge in [-0.3, -0.25) is 14.9 Å². The number of nitrogens with two attached hydrogens (primary N) is 1. The molecule has 3 N–H and O–H groups in total. The molecule has 1 unspecified atom stereocenters. The van der Waals surface area contributed by atoms with Crippen molar-refractivity contribution >= 4 is 5.91 Å². The fourth-order valence-corrected chi connectivity index (χ4v) is 2.15. The number of aryl methyl sites for hydroxylation is 2. The highest BCUT2D eigenvalue weighted by Crippen LogP contribution is 2.14. The number of carbonyl (C=O) groups excluding carboxylic acids is 1. The van der Waals surface area contributed by atoms with Gasteiger partial charge in [0.05, 0.1) is 0 Å². The number of carbonyl (C=O) groups is 1. The number of rotatable bonds is 7. The third-order valence-corrected chi connectivity index (χ3v) is 3.44. The first-order valence-electron chi connectivity index (χ1n) is 6.73. The molecule has 0 spiro atoms. The molecule has 4 nitrogen and oxygen atoms in total. The monoisotopic (exact) mass is 251 g/mol. The zero-order valence-corrected chi connectivity index (χ0v) is 11.7. The van der Waals surface area contributed by atoms with Gasteiger partial charge in [-0.25, -0.2) is 0 Å². The van der Waals surface area contributed by atoms with Gasteiger partial charge in [0, 0.05) is 17.8 Å². The molecule has 102 valence electrons. The third-order valence-electron chi connectivity index (χ3n) is 3.44. The molecule has 1 aromatic rings. The number of hydrogen-bond donors (Lipinski definition) is 2. The average molecular weight is 251 g/mol. The van der Waals surface area contributed by atoms with Gasteiger partial charge in [-0.15, -0.1) is 0 Å². The van der Waals surface area contributed by atoms with E-state index in [4.69, 9.17) is 5.73 Å². The van der Waals surface area contributed by atoms with Crippen LogP contribution in [0.5, 0.6) is 0 Å². The largest absolute Gasteiger partial charge is 0.330 e. The van der Waals surface area contributed by atoms with Gasteiger partial charge in [-0.1, -0.05) is 13.3 Å². The van der Waals surface area contributed by atoms with Crippen molar-refractivity contribution in [3.05, 3.63) is 23.5 Å². The lowest BCUT2D eigenvalue weighted by molar-refractivity contribution is -0.117. The van der Waals surface area contributed by atoms with Gasteiger partial charge < -0.3 is 5.73 Å². The van der Waals surface area contributed by atoms with E-state index < -0.39 is 0 Å². The molecule has 0 aromatic carbocycles. The minimum absolute atomic E-state index is 0.0767. The Morgan fingerprint density at radius 3 is 2.44 bits per heavy atom. The van der Waals surface area contributed by atoms with Crippen molar-refractivity contribution in [2.75, 3.05) is 12.0 Å². The van der Waals surface area contributed by atoms with E-state index in [0.29, 0.717) is 18.9 Å². The van der Waals surface area contributed by atoms with E-state index in [1.165, 1.54) is 0 Å². The highest BCUT2D eigenvalue weighted by Gasteiger charge is 2.10. The molecule has 0 radical (unpaired) electrons. The van der Waals surface area contributed by atoms with Gasteiger partial charge >= 0.3 is 0 Å². The molecule has 1 heterocycles. The van der Waals surface area contributed by atoms with Crippen molar-refractivity contribution in [1.29, 1.82) is 0 Å². The normalized spacial score (nSPS) is 12.4. The lowest BCUT2D eigenvalue weighted by Gasteiger charge is -2.15. The van der Waals surface area contributed by atoms with Gasteiger partial charge in [0.15, 0.2) is 0 Å². The fourth-order valence-electron chi connectivity index (χ4n) is 2.15. The van der Waals surface area contributed by atoms with Crippen LogP contribution in [0.1, 0.15) is 44.0 Å². The van der Waals surface area contributed by atoms with Crippen molar-refractivity contribution in [3.63, 3.8) is 0 Å². The van der Waals surface area contributed by atoms with Crippen LogP contribution in [0.3, 0.4) is 0 Å². The molecule has 0 aliphatic carbocycles. The van der Waals surface area contributed by atoms with Crippen LogP contribution in [-0.2, 0) is 4.79 Å². The summed E-state index contributed by atoms with van der Waals surface area (Å²) in [7, 11) is 0. The van der Waals surface area contributed by atoms with E-state index in [9.17, 15) is 4.79 Å². The topological polar surface area (TPSA) is 60.1 Å². The Morgan fingerprint density at radius 1 is 1.33 bits per heavy atom. The summed E-state index contributed by atoms with van der Waals surface area (Å²) >= 11 is 0. The Hall–Kier alpha value is -1.29.